The topological polar surface area (TPSA) is 107 Å². The highest BCUT2D eigenvalue weighted by Crippen LogP contribution is 2.29. The van der Waals surface area contributed by atoms with Crippen LogP contribution in [-0.2, 0) is 0 Å². The number of rotatable bonds is 6. The van der Waals surface area contributed by atoms with Crippen molar-refractivity contribution >= 4 is 34.9 Å². The van der Waals surface area contributed by atoms with E-state index in [0.29, 0.717) is 43.1 Å². The monoisotopic (exact) mass is 517 g/mol. The van der Waals surface area contributed by atoms with Gasteiger partial charge in [0.2, 0.25) is 0 Å². The Bertz CT molecular complexity index is 1280. The predicted molar refractivity (Wildman–Crippen MR) is 144 cm³/mol. The molecule has 198 valence electrons. The molecule has 2 aliphatic heterocycles. The Morgan fingerprint density at radius 3 is 2.18 bits per heavy atom. The number of hydrogen-bond acceptors (Lipinski definition) is 6. The zero-order valence-corrected chi connectivity index (χ0v) is 21.3. The number of nitrogens with zero attached hydrogens (tertiary/aromatic N) is 3. The lowest BCUT2D eigenvalue weighted by molar-refractivity contribution is 0.0792. The van der Waals surface area contributed by atoms with Crippen LogP contribution in [0.25, 0.3) is 0 Å². The molecular weight excluding hydrogens is 486 g/mol. The van der Waals surface area contributed by atoms with Gasteiger partial charge >= 0.3 is 6.03 Å². The SMILES string of the molecule is COc1ccc(NC(=O)N2CCN(c3ccc(NC(=O)c4ccco4)cc3C(=O)N3CCCC3)CC2)cc1. The fraction of sp³-hybridized carbons (Fsp3) is 0.321. The van der Waals surface area contributed by atoms with Gasteiger partial charge in [0.15, 0.2) is 5.76 Å². The molecule has 4 amide bonds. The van der Waals surface area contributed by atoms with Gasteiger partial charge in [0.05, 0.1) is 18.9 Å². The normalized spacial score (nSPS) is 15.3. The minimum Gasteiger partial charge on any atom is -0.497 e. The zero-order valence-electron chi connectivity index (χ0n) is 21.3. The molecule has 3 heterocycles. The van der Waals surface area contributed by atoms with Crippen molar-refractivity contribution in [2.45, 2.75) is 12.8 Å². The number of urea groups is 1. The van der Waals surface area contributed by atoms with E-state index in [2.05, 4.69) is 15.5 Å². The van der Waals surface area contributed by atoms with E-state index in [0.717, 1.165) is 37.4 Å². The number of furan rings is 1. The number of carbonyl (C=O) groups is 3. The summed E-state index contributed by atoms with van der Waals surface area (Å²) in [6.07, 6.45) is 3.41. The second-order valence-electron chi connectivity index (χ2n) is 9.30. The van der Waals surface area contributed by atoms with Crippen LogP contribution in [0, 0.1) is 0 Å². The van der Waals surface area contributed by atoms with Crippen molar-refractivity contribution < 1.29 is 23.5 Å². The van der Waals surface area contributed by atoms with Gasteiger partial charge in [-0.3, -0.25) is 9.59 Å². The van der Waals surface area contributed by atoms with Crippen molar-refractivity contribution in [3.8, 4) is 5.75 Å². The average molecular weight is 518 g/mol. The molecule has 0 saturated carbocycles. The molecule has 10 heteroatoms. The first-order valence-electron chi connectivity index (χ1n) is 12.7. The highest BCUT2D eigenvalue weighted by molar-refractivity contribution is 6.05. The molecule has 0 atom stereocenters. The van der Waals surface area contributed by atoms with Crippen LogP contribution >= 0.6 is 0 Å². The number of amides is 4. The second kappa shape index (κ2) is 11.3. The summed E-state index contributed by atoms with van der Waals surface area (Å²) in [5.74, 6) is 0.498. The largest absolute Gasteiger partial charge is 0.497 e. The molecule has 5 rings (SSSR count). The highest BCUT2D eigenvalue weighted by Gasteiger charge is 2.28. The Hall–Kier alpha value is -4.47. The highest BCUT2D eigenvalue weighted by atomic mass is 16.5. The van der Waals surface area contributed by atoms with Crippen LogP contribution in [0.15, 0.2) is 65.3 Å². The third-order valence-electron chi connectivity index (χ3n) is 6.87. The summed E-state index contributed by atoms with van der Waals surface area (Å²) in [5.41, 5.74) is 2.56. The standard InChI is InChI=1S/C28H31N5O5/c1-37-22-9-6-20(7-10-22)30-28(36)33-16-14-31(15-17-33)24-11-8-21(29-26(34)25-5-4-18-38-25)19-23(24)27(35)32-12-2-3-13-32/h4-11,18-19H,2-3,12-17H2,1H3,(H,29,34)(H,30,36). The number of ether oxygens (including phenoxy) is 1. The quantitative estimate of drug-likeness (QED) is 0.509. The van der Waals surface area contributed by atoms with Crippen molar-refractivity contribution in [3.63, 3.8) is 0 Å². The number of carbonyl (C=O) groups excluding carboxylic acids is 3. The van der Waals surface area contributed by atoms with E-state index in [1.165, 1.54) is 6.26 Å². The number of piperazine rings is 1. The van der Waals surface area contributed by atoms with Gasteiger partial charge in [0.25, 0.3) is 11.8 Å². The lowest BCUT2D eigenvalue weighted by Gasteiger charge is -2.37. The van der Waals surface area contributed by atoms with Crippen LogP contribution in [0.3, 0.4) is 0 Å². The molecule has 0 bridgehead atoms. The molecular formula is C28H31N5O5. The Morgan fingerprint density at radius 2 is 1.53 bits per heavy atom. The lowest BCUT2D eigenvalue weighted by Crippen LogP contribution is -2.50. The summed E-state index contributed by atoms with van der Waals surface area (Å²) in [4.78, 5) is 44.5. The third kappa shape index (κ3) is 5.59. The molecule has 0 spiro atoms. The number of nitrogens with one attached hydrogen (secondary N) is 2. The van der Waals surface area contributed by atoms with E-state index >= 15 is 0 Å². The van der Waals surface area contributed by atoms with Gasteiger partial charge in [-0.05, 0) is 67.4 Å². The fourth-order valence-electron chi connectivity index (χ4n) is 4.78. The van der Waals surface area contributed by atoms with Crippen LogP contribution < -0.4 is 20.3 Å². The molecule has 1 aromatic heterocycles. The summed E-state index contributed by atoms with van der Waals surface area (Å²) in [7, 11) is 1.60. The van der Waals surface area contributed by atoms with Crippen molar-refractivity contribution in [1.29, 1.82) is 0 Å². The molecule has 2 fully saturated rings. The average Bonchev–Trinajstić information content (AvgIpc) is 3.68. The first-order valence-corrected chi connectivity index (χ1v) is 12.7. The van der Waals surface area contributed by atoms with Crippen molar-refractivity contribution in [2.24, 2.45) is 0 Å². The van der Waals surface area contributed by atoms with Gasteiger partial charge in [0.1, 0.15) is 5.75 Å². The van der Waals surface area contributed by atoms with Gasteiger partial charge in [0, 0.05) is 56.3 Å². The van der Waals surface area contributed by atoms with Crippen molar-refractivity contribution in [2.75, 3.05) is 61.9 Å². The van der Waals surface area contributed by atoms with Crippen LogP contribution in [0.1, 0.15) is 33.8 Å². The molecule has 0 unspecified atom stereocenters. The third-order valence-corrected chi connectivity index (χ3v) is 6.87. The maximum absolute atomic E-state index is 13.5. The van der Waals surface area contributed by atoms with Gasteiger partial charge in [-0.15, -0.1) is 0 Å². The van der Waals surface area contributed by atoms with E-state index in [1.807, 2.05) is 11.0 Å². The lowest BCUT2D eigenvalue weighted by atomic mass is 10.1. The first kappa shape index (κ1) is 25.2. The van der Waals surface area contributed by atoms with Gasteiger partial charge in [-0.2, -0.15) is 0 Å². The zero-order chi connectivity index (χ0) is 26.5. The Kier molecular flexibility index (Phi) is 7.48. The van der Waals surface area contributed by atoms with Crippen LogP contribution in [0.4, 0.5) is 21.9 Å². The Morgan fingerprint density at radius 1 is 0.816 bits per heavy atom. The summed E-state index contributed by atoms with van der Waals surface area (Å²) in [6, 6.07) is 15.7. The van der Waals surface area contributed by atoms with Crippen LogP contribution in [0.5, 0.6) is 5.75 Å². The molecule has 2 N–H and O–H groups in total. The maximum atomic E-state index is 13.5. The molecule has 2 aliphatic rings. The molecule has 0 radical (unpaired) electrons. The first-order chi connectivity index (χ1) is 18.5. The molecule has 38 heavy (non-hydrogen) atoms. The minimum atomic E-state index is -0.376. The number of likely N-dealkylation sites (tertiary alicyclic amines) is 1. The minimum absolute atomic E-state index is 0.0497. The number of anilines is 3. The van der Waals surface area contributed by atoms with Crippen molar-refractivity contribution in [3.05, 3.63) is 72.2 Å². The van der Waals surface area contributed by atoms with E-state index in [-0.39, 0.29) is 23.6 Å². The van der Waals surface area contributed by atoms with Crippen LogP contribution in [0.2, 0.25) is 0 Å². The number of benzene rings is 2. The van der Waals surface area contributed by atoms with E-state index < -0.39 is 0 Å². The second-order valence-corrected chi connectivity index (χ2v) is 9.30. The van der Waals surface area contributed by atoms with Gasteiger partial charge in [-0.25, -0.2) is 4.79 Å². The number of methoxy groups -OCH3 is 1. The predicted octanol–water partition coefficient (Wildman–Crippen LogP) is 4.13. The van der Waals surface area contributed by atoms with E-state index in [4.69, 9.17) is 9.15 Å². The molecule has 0 aliphatic carbocycles. The Labute approximate surface area is 221 Å². The van der Waals surface area contributed by atoms with Gasteiger partial charge in [-0.1, -0.05) is 0 Å². The summed E-state index contributed by atoms with van der Waals surface area (Å²) >= 11 is 0. The molecule has 2 saturated heterocycles. The summed E-state index contributed by atoms with van der Waals surface area (Å²) < 4.78 is 10.4. The smallest absolute Gasteiger partial charge is 0.321 e. The fourth-order valence-corrected chi connectivity index (χ4v) is 4.78. The summed E-state index contributed by atoms with van der Waals surface area (Å²) in [5, 5.41) is 5.75. The summed E-state index contributed by atoms with van der Waals surface area (Å²) in [6.45, 7) is 3.62. The van der Waals surface area contributed by atoms with E-state index in [9.17, 15) is 14.4 Å². The van der Waals surface area contributed by atoms with Crippen LogP contribution in [-0.4, -0.2) is 74.0 Å². The van der Waals surface area contributed by atoms with E-state index in [1.54, 1.807) is 60.5 Å². The Balaban J connectivity index is 1.28. The maximum Gasteiger partial charge on any atom is 0.321 e. The molecule has 10 nitrogen and oxygen atoms in total. The van der Waals surface area contributed by atoms with Crippen molar-refractivity contribution in [1.82, 2.24) is 9.80 Å². The number of hydrogen-bond donors (Lipinski definition) is 2. The molecule has 3 aromatic rings. The van der Waals surface area contributed by atoms with Gasteiger partial charge < -0.3 is 34.5 Å². The molecule has 2 aromatic carbocycles.